The van der Waals surface area contributed by atoms with Crippen LogP contribution in [0.15, 0.2) is 18.5 Å². The normalized spacial score (nSPS) is 24.1. The smallest absolute Gasteiger partial charge is 0.177 e. The van der Waals surface area contributed by atoms with Crippen molar-refractivity contribution in [3.8, 4) is 0 Å². The van der Waals surface area contributed by atoms with Gasteiger partial charge in [-0.25, -0.2) is 0 Å². The highest BCUT2D eigenvalue weighted by molar-refractivity contribution is 5.48. The molecule has 0 aliphatic carbocycles. The predicted molar refractivity (Wildman–Crippen MR) is 83.0 cm³/mol. The van der Waals surface area contributed by atoms with Crippen LogP contribution in [-0.4, -0.2) is 70.6 Å². The van der Waals surface area contributed by atoms with Crippen molar-refractivity contribution in [1.82, 2.24) is 24.7 Å². The van der Waals surface area contributed by atoms with E-state index in [1.807, 2.05) is 12.1 Å². The Labute approximate surface area is 129 Å². The quantitative estimate of drug-likeness (QED) is 0.831. The maximum Gasteiger partial charge on any atom is 0.177 e. The summed E-state index contributed by atoms with van der Waals surface area (Å²) in [5.74, 6) is 1.64. The Morgan fingerprint density at radius 1 is 1.36 bits per heavy atom. The zero-order valence-electron chi connectivity index (χ0n) is 13.1. The molecule has 2 aliphatic heterocycles. The lowest BCUT2D eigenvalue weighted by Crippen LogP contribution is -2.65. The molecule has 0 aromatic carbocycles. The molecule has 0 N–H and O–H groups in total. The third kappa shape index (κ3) is 2.44. The molecule has 7 heteroatoms. The molecule has 0 unspecified atom stereocenters. The van der Waals surface area contributed by atoms with Gasteiger partial charge in [0.1, 0.15) is 17.7 Å². The van der Waals surface area contributed by atoms with E-state index in [0.29, 0.717) is 5.92 Å². The third-order valence-electron chi connectivity index (χ3n) is 4.69. The molecule has 4 heterocycles. The minimum absolute atomic E-state index is 0.0483. The number of rotatable bonds is 3. The summed E-state index contributed by atoms with van der Waals surface area (Å²) in [4.78, 5) is 4.52. The first kappa shape index (κ1) is 13.9. The molecule has 4 rings (SSSR count). The van der Waals surface area contributed by atoms with Crippen molar-refractivity contribution in [2.45, 2.75) is 18.4 Å². The molecule has 7 nitrogen and oxygen atoms in total. The van der Waals surface area contributed by atoms with Crippen LogP contribution in [0.5, 0.6) is 0 Å². The Bertz CT molecular complexity index is 653. The molecule has 118 valence electrons. The van der Waals surface area contributed by atoms with E-state index in [4.69, 9.17) is 4.74 Å². The van der Waals surface area contributed by atoms with Gasteiger partial charge in [-0.3, -0.25) is 0 Å². The van der Waals surface area contributed by atoms with E-state index in [1.54, 1.807) is 10.8 Å². The van der Waals surface area contributed by atoms with Gasteiger partial charge < -0.3 is 14.5 Å². The standard InChI is InChI=1S/C15H22N6O/c1-19(2)7-12-5-6-15(22-8-12)9-20(10-15)14-4-3-13-17-16-11-21(13)18-14/h3-4,11-12H,5-10H2,1-2H3/t12-/m0/s1. The summed E-state index contributed by atoms with van der Waals surface area (Å²) in [5, 5.41) is 12.4. The summed E-state index contributed by atoms with van der Waals surface area (Å²) in [6, 6.07) is 3.96. The van der Waals surface area contributed by atoms with Gasteiger partial charge in [0.05, 0.1) is 19.7 Å². The van der Waals surface area contributed by atoms with Gasteiger partial charge in [-0.05, 0) is 45.0 Å². The van der Waals surface area contributed by atoms with Crippen molar-refractivity contribution in [2.75, 3.05) is 45.2 Å². The van der Waals surface area contributed by atoms with E-state index in [9.17, 15) is 0 Å². The maximum atomic E-state index is 6.21. The van der Waals surface area contributed by atoms with E-state index >= 15 is 0 Å². The van der Waals surface area contributed by atoms with Crippen LogP contribution in [-0.2, 0) is 4.74 Å². The molecule has 1 spiro atoms. The van der Waals surface area contributed by atoms with Crippen molar-refractivity contribution < 1.29 is 4.74 Å². The van der Waals surface area contributed by atoms with Crippen LogP contribution >= 0.6 is 0 Å². The van der Waals surface area contributed by atoms with Crippen LogP contribution in [0, 0.1) is 5.92 Å². The van der Waals surface area contributed by atoms with Crippen LogP contribution in [0.2, 0.25) is 0 Å². The number of ether oxygens (including phenoxy) is 1. The Balaban J connectivity index is 1.37. The molecule has 2 aliphatic rings. The number of nitrogens with zero attached hydrogens (tertiary/aromatic N) is 6. The van der Waals surface area contributed by atoms with Gasteiger partial charge in [0.2, 0.25) is 0 Å². The molecule has 22 heavy (non-hydrogen) atoms. The lowest BCUT2D eigenvalue weighted by molar-refractivity contribution is -0.118. The van der Waals surface area contributed by atoms with Crippen LogP contribution in [0.1, 0.15) is 12.8 Å². The lowest BCUT2D eigenvalue weighted by atomic mass is 9.83. The first-order valence-electron chi connectivity index (χ1n) is 7.84. The molecule has 0 radical (unpaired) electrons. The summed E-state index contributed by atoms with van der Waals surface area (Å²) in [6.07, 6.45) is 4.04. The molecule has 2 saturated heterocycles. The van der Waals surface area contributed by atoms with E-state index < -0.39 is 0 Å². The average Bonchev–Trinajstić information content (AvgIpc) is 2.92. The maximum absolute atomic E-state index is 6.21. The number of hydrogen-bond donors (Lipinski definition) is 0. The predicted octanol–water partition coefficient (Wildman–Crippen LogP) is 0.671. The molecule has 2 aromatic heterocycles. The summed E-state index contributed by atoms with van der Waals surface area (Å²) >= 11 is 0. The molecule has 0 bridgehead atoms. The number of fused-ring (bicyclic) bond motifs is 1. The van der Waals surface area contributed by atoms with Crippen molar-refractivity contribution in [3.63, 3.8) is 0 Å². The summed E-state index contributed by atoms with van der Waals surface area (Å²) < 4.78 is 7.93. The van der Waals surface area contributed by atoms with Crippen LogP contribution in [0.4, 0.5) is 5.82 Å². The van der Waals surface area contributed by atoms with Crippen LogP contribution in [0.3, 0.4) is 0 Å². The third-order valence-corrected chi connectivity index (χ3v) is 4.69. The topological polar surface area (TPSA) is 58.8 Å². The number of anilines is 1. The van der Waals surface area contributed by atoms with Gasteiger partial charge >= 0.3 is 0 Å². The minimum atomic E-state index is 0.0483. The summed E-state index contributed by atoms with van der Waals surface area (Å²) in [6.45, 7) is 3.86. The molecular formula is C15H22N6O. The second-order valence-electron chi connectivity index (χ2n) is 6.84. The van der Waals surface area contributed by atoms with Gasteiger partial charge in [-0.2, -0.15) is 4.52 Å². The lowest BCUT2D eigenvalue weighted by Gasteiger charge is -2.53. The Hall–Kier alpha value is -1.73. The van der Waals surface area contributed by atoms with Crippen LogP contribution < -0.4 is 4.90 Å². The number of hydrogen-bond acceptors (Lipinski definition) is 6. The van der Waals surface area contributed by atoms with E-state index in [-0.39, 0.29) is 5.60 Å². The van der Waals surface area contributed by atoms with Crippen molar-refractivity contribution in [2.24, 2.45) is 5.92 Å². The minimum Gasteiger partial charge on any atom is -0.371 e. The van der Waals surface area contributed by atoms with Gasteiger partial charge in [0.25, 0.3) is 0 Å². The first-order chi connectivity index (χ1) is 10.6. The summed E-state index contributed by atoms with van der Waals surface area (Å²) in [7, 11) is 4.25. The zero-order chi connectivity index (χ0) is 15.2. The molecule has 0 saturated carbocycles. The van der Waals surface area contributed by atoms with Crippen molar-refractivity contribution in [1.29, 1.82) is 0 Å². The second kappa shape index (κ2) is 5.17. The zero-order valence-corrected chi connectivity index (χ0v) is 13.1. The first-order valence-corrected chi connectivity index (χ1v) is 7.84. The van der Waals surface area contributed by atoms with Gasteiger partial charge in [0, 0.05) is 6.54 Å². The highest BCUT2D eigenvalue weighted by atomic mass is 16.5. The Morgan fingerprint density at radius 2 is 2.23 bits per heavy atom. The van der Waals surface area contributed by atoms with Crippen molar-refractivity contribution in [3.05, 3.63) is 18.5 Å². The fraction of sp³-hybridized carbons (Fsp3) is 0.667. The average molecular weight is 302 g/mol. The Morgan fingerprint density at radius 3 is 2.95 bits per heavy atom. The highest BCUT2D eigenvalue weighted by Crippen LogP contribution is 2.37. The highest BCUT2D eigenvalue weighted by Gasteiger charge is 2.47. The fourth-order valence-corrected chi connectivity index (χ4v) is 3.53. The molecule has 2 aromatic rings. The van der Waals surface area contributed by atoms with Gasteiger partial charge in [-0.1, -0.05) is 0 Å². The SMILES string of the molecule is CN(C)C[C@@H]1CCC2(CN(c3ccc4nncn4n3)C2)OC1. The van der Waals surface area contributed by atoms with E-state index in [0.717, 1.165) is 44.1 Å². The number of aromatic nitrogens is 4. The van der Waals surface area contributed by atoms with Gasteiger partial charge in [-0.15, -0.1) is 15.3 Å². The van der Waals surface area contributed by atoms with E-state index in [1.165, 1.54) is 6.42 Å². The monoisotopic (exact) mass is 302 g/mol. The molecular weight excluding hydrogens is 280 g/mol. The molecule has 1 atom stereocenters. The molecule has 0 amide bonds. The van der Waals surface area contributed by atoms with E-state index in [2.05, 4.69) is 39.2 Å². The fourth-order valence-electron chi connectivity index (χ4n) is 3.53. The van der Waals surface area contributed by atoms with Crippen molar-refractivity contribution >= 4 is 11.5 Å². The second-order valence-corrected chi connectivity index (χ2v) is 6.84. The largest absolute Gasteiger partial charge is 0.371 e. The van der Waals surface area contributed by atoms with Crippen LogP contribution in [0.25, 0.3) is 5.65 Å². The Kier molecular flexibility index (Phi) is 3.27. The molecule has 2 fully saturated rings. The summed E-state index contributed by atoms with van der Waals surface area (Å²) in [5.41, 5.74) is 0.826. The van der Waals surface area contributed by atoms with Gasteiger partial charge in [0.15, 0.2) is 5.65 Å².